The van der Waals surface area contributed by atoms with Crippen LogP contribution in [0.3, 0.4) is 0 Å². The maximum atomic E-state index is 13.1. The van der Waals surface area contributed by atoms with Gasteiger partial charge in [-0.15, -0.1) is 11.3 Å². The molecular weight excluding hydrogens is 414 g/mol. The Morgan fingerprint density at radius 3 is 2.77 bits per heavy atom. The summed E-state index contributed by atoms with van der Waals surface area (Å²) in [4.78, 5) is 41.3. The molecule has 8 nitrogen and oxygen atoms in total. The molecule has 2 aliphatic rings. The van der Waals surface area contributed by atoms with Gasteiger partial charge in [0.25, 0.3) is 11.8 Å². The molecule has 4 rings (SSSR count). The van der Waals surface area contributed by atoms with Crippen molar-refractivity contribution in [1.29, 1.82) is 0 Å². The molecule has 1 saturated carbocycles. The predicted molar refractivity (Wildman–Crippen MR) is 118 cm³/mol. The van der Waals surface area contributed by atoms with E-state index in [1.54, 1.807) is 25.3 Å². The molecule has 31 heavy (non-hydrogen) atoms. The Morgan fingerprint density at radius 1 is 1.29 bits per heavy atom. The van der Waals surface area contributed by atoms with Crippen molar-refractivity contribution >= 4 is 29.1 Å². The van der Waals surface area contributed by atoms with Crippen molar-refractivity contribution in [2.45, 2.75) is 63.6 Å². The lowest BCUT2D eigenvalue weighted by molar-refractivity contribution is -0.133. The van der Waals surface area contributed by atoms with Gasteiger partial charge < -0.3 is 15.5 Å². The third-order valence-corrected chi connectivity index (χ3v) is 7.34. The highest BCUT2D eigenvalue weighted by molar-refractivity contribution is 7.09. The zero-order valence-electron chi connectivity index (χ0n) is 18.0. The smallest absolute Gasteiger partial charge is 0.272 e. The fraction of sp³-hybridized carbons (Fsp3) is 0.545. The van der Waals surface area contributed by atoms with Gasteiger partial charge in [-0.3, -0.25) is 19.1 Å². The van der Waals surface area contributed by atoms with Crippen molar-refractivity contribution in [3.05, 3.63) is 39.8 Å². The first-order valence-electron chi connectivity index (χ1n) is 10.9. The molecule has 1 unspecified atom stereocenters. The molecule has 1 fully saturated rings. The monoisotopic (exact) mass is 443 g/mol. The number of likely N-dealkylation sites (N-methyl/N-ethyl adjacent to an activating group) is 1. The Morgan fingerprint density at radius 2 is 2.06 bits per heavy atom. The highest BCUT2D eigenvalue weighted by Gasteiger charge is 2.46. The summed E-state index contributed by atoms with van der Waals surface area (Å²) in [6, 6.07) is 5.68. The molecule has 2 N–H and O–H groups in total. The number of thiophene rings is 1. The molecule has 1 aliphatic carbocycles. The molecule has 3 heterocycles. The maximum absolute atomic E-state index is 13.1. The van der Waals surface area contributed by atoms with E-state index in [1.165, 1.54) is 26.9 Å². The molecule has 9 heteroatoms. The van der Waals surface area contributed by atoms with Crippen LogP contribution in [0.1, 0.15) is 64.9 Å². The van der Waals surface area contributed by atoms with Crippen molar-refractivity contribution in [1.82, 2.24) is 25.3 Å². The van der Waals surface area contributed by atoms with Gasteiger partial charge in [-0.05, 0) is 37.6 Å². The summed E-state index contributed by atoms with van der Waals surface area (Å²) >= 11 is 1.65. The second kappa shape index (κ2) is 8.82. The van der Waals surface area contributed by atoms with Crippen LogP contribution in [-0.4, -0.2) is 57.6 Å². The maximum Gasteiger partial charge on any atom is 0.272 e. The zero-order chi connectivity index (χ0) is 22.0. The normalized spacial score (nSPS) is 21.6. The lowest BCUT2D eigenvalue weighted by Gasteiger charge is -2.41. The van der Waals surface area contributed by atoms with Crippen LogP contribution in [-0.2, 0) is 17.8 Å². The molecule has 1 atom stereocenters. The second-order valence-corrected chi connectivity index (χ2v) is 9.64. The van der Waals surface area contributed by atoms with Crippen molar-refractivity contribution in [2.24, 2.45) is 0 Å². The number of carbonyl (C=O) groups excluding carboxylic acids is 3. The predicted octanol–water partition coefficient (Wildman–Crippen LogP) is 2.21. The number of fused-ring (bicyclic) bond motifs is 1. The Kier molecular flexibility index (Phi) is 6.13. The third kappa shape index (κ3) is 4.37. The van der Waals surface area contributed by atoms with E-state index in [-0.39, 0.29) is 36.0 Å². The van der Waals surface area contributed by atoms with Gasteiger partial charge in [0.1, 0.15) is 11.2 Å². The van der Waals surface area contributed by atoms with Gasteiger partial charge in [0.15, 0.2) is 5.69 Å². The lowest BCUT2D eigenvalue weighted by Crippen LogP contribution is -2.63. The molecule has 0 spiro atoms. The van der Waals surface area contributed by atoms with Crippen LogP contribution in [0.15, 0.2) is 23.6 Å². The Labute approximate surface area is 186 Å². The van der Waals surface area contributed by atoms with Crippen LogP contribution in [0.2, 0.25) is 0 Å². The average Bonchev–Trinajstić information content (AvgIpc) is 3.43. The first kappa shape index (κ1) is 21.5. The summed E-state index contributed by atoms with van der Waals surface area (Å²) < 4.78 is 1.50. The van der Waals surface area contributed by atoms with Crippen molar-refractivity contribution in [3.8, 4) is 0 Å². The lowest BCUT2D eigenvalue weighted by atomic mass is 9.92. The minimum absolute atomic E-state index is 0.158. The molecule has 2 aromatic rings. The first-order valence-corrected chi connectivity index (χ1v) is 11.7. The largest absolute Gasteiger partial charge is 0.351 e. The SMILES string of the molecule is CN1C(=O)c2cc(C(=O)NCCc3cccs3)nn2CC1(C)C(=O)NC1CCCCC1. The number of aromatic nitrogens is 2. The number of hydrogen-bond donors (Lipinski definition) is 2. The van der Waals surface area contributed by atoms with E-state index < -0.39 is 5.54 Å². The van der Waals surface area contributed by atoms with Crippen LogP contribution in [0.5, 0.6) is 0 Å². The Bertz CT molecular complexity index is 964. The highest BCUT2D eigenvalue weighted by atomic mass is 32.1. The van der Waals surface area contributed by atoms with Crippen LogP contribution < -0.4 is 10.6 Å². The molecule has 2 aromatic heterocycles. The van der Waals surface area contributed by atoms with Gasteiger partial charge in [-0.25, -0.2) is 0 Å². The van der Waals surface area contributed by atoms with Crippen molar-refractivity contribution < 1.29 is 14.4 Å². The van der Waals surface area contributed by atoms with Crippen LogP contribution in [0, 0.1) is 0 Å². The quantitative estimate of drug-likeness (QED) is 0.715. The topological polar surface area (TPSA) is 96.3 Å². The first-order chi connectivity index (χ1) is 14.9. The van der Waals surface area contributed by atoms with E-state index in [9.17, 15) is 14.4 Å². The number of carbonyl (C=O) groups is 3. The molecule has 0 saturated heterocycles. The van der Waals surface area contributed by atoms with E-state index in [1.807, 2.05) is 17.5 Å². The van der Waals surface area contributed by atoms with E-state index in [0.717, 1.165) is 32.1 Å². The fourth-order valence-corrected chi connectivity index (χ4v) is 4.98. The van der Waals surface area contributed by atoms with Gasteiger partial charge >= 0.3 is 0 Å². The summed E-state index contributed by atoms with van der Waals surface area (Å²) in [7, 11) is 1.64. The van der Waals surface area contributed by atoms with Gasteiger partial charge in [0, 0.05) is 30.6 Å². The molecule has 3 amide bonds. The van der Waals surface area contributed by atoms with Crippen LogP contribution in [0.4, 0.5) is 0 Å². The number of amides is 3. The van der Waals surface area contributed by atoms with E-state index >= 15 is 0 Å². The van der Waals surface area contributed by atoms with Crippen molar-refractivity contribution in [3.63, 3.8) is 0 Å². The summed E-state index contributed by atoms with van der Waals surface area (Å²) in [5.74, 6) is -0.793. The molecule has 0 bridgehead atoms. The van der Waals surface area contributed by atoms with Gasteiger partial charge in [-0.2, -0.15) is 5.10 Å². The molecular formula is C22H29N5O3S. The van der Waals surface area contributed by atoms with Crippen LogP contribution in [0.25, 0.3) is 0 Å². The Hall–Kier alpha value is -2.68. The second-order valence-electron chi connectivity index (χ2n) is 8.60. The summed E-state index contributed by atoms with van der Waals surface area (Å²) in [6.45, 7) is 2.47. The molecule has 1 aliphatic heterocycles. The van der Waals surface area contributed by atoms with Gasteiger partial charge in [0.2, 0.25) is 5.91 Å². The van der Waals surface area contributed by atoms with Crippen molar-refractivity contribution in [2.75, 3.05) is 13.6 Å². The molecule has 166 valence electrons. The highest BCUT2D eigenvalue weighted by Crippen LogP contribution is 2.27. The number of nitrogens with one attached hydrogen (secondary N) is 2. The number of hydrogen-bond acceptors (Lipinski definition) is 5. The number of nitrogens with zero attached hydrogens (tertiary/aromatic N) is 3. The number of rotatable bonds is 6. The summed E-state index contributed by atoms with van der Waals surface area (Å²) in [5.41, 5.74) is -0.533. The third-order valence-electron chi connectivity index (χ3n) is 6.40. The van der Waals surface area contributed by atoms with E-state index in [0.29, 0.717) is 12.2 Å². The zero-order valence-corrected chi connectivity index (χ0v) is 18.8. The summed E-state index contributed by atoms with van der Waals surface area (Å²) in [6.07, 6.45) is 6.13. The summed E-state index contributed by atoms with van der Waals surface area (Å²) in [5, 5.41) is 12.3. The average molecular weight is 444 g/mol. The standard InChI is InChI=1S/C22H29N5O3S/c1-22(21(30)24-15-7-4-3-5-8-15)14-27-18(20(29)26(22)2)13-17(25-27)19(28)23-11-10-16-9-6-12-31-16/h6,9,12-13,15H,3-5,7-8,10-11,14H2,1-2H3,(H,23,28)(H,24,30). The minimum atomic E-state index is -1.06. The Balaban J connectivity index is 1.44. The molecule has 0 aromatic carbocycles. The van der Waals surface area contributed by atoms with Gasteiger partial charge in [0.05, 0.1) is 6.54 Å². The minimum Gasteiger partial charge on any atom is -0.351 e. The van der Waals surface area contributed by atoms with E-state index in [4.69, 9.17) is 0 Å². The van der Waals surface area contributed by atoms with E-state index in [2.05, 4.69) is 15.7 Å². The van der Waals surface area contributed by atoms with Crippen LogP contribution >= 0.6 is 11.3 Å². The molecule has 0 radical (unpaired) electrons. The fourth-order valence-electron chi connectivity index (χ4n) is 4.27. The van der Waals surface area contributed by atoms with Gasteiger partial charge in [-0.1, -0.05) is 25.3 Å².